The zero-order valence-corrected chi connectivity index (χ0v) is 10.2. The van der Waals surface area contributed by atoms with E-state index in [4.69, 9.17) is 9.31 Å². The molecule has 0 saturated carbocycles. The highest BCUT2D eigenvalue weighted by atomic mass is 32.1. The van der Waals surface area contributed by atoms with Crippen molar-refractivity contribution < 1.29 is 9.31 Å². The highest BCUT2D eigenvalue weighted by Crippen LogP contribution is 2.26. The lowest BCUT2D eigenvalue weighted by atomic mass is 10.3. The van der Waals surface area contributed by atoms with E-state index in [1.807, 2.05) is 36.7 Å². The van der Waals surface area contributed by atoms with Crippen LogP contribution in [0.5, 0.6) is 10.1 Å². The average molecular weight is 237 g/mol. The maximum atomic E-state index is 5.38. The van der Waals surface area contributed by atoms with E-state index in [9.17, 15) is 0 Å². The molecule has 0 N–H and O–H groups in total. The van der Waals surface area contributed by atoms with Gasteiger partial charge in [-0.25, -0.2) is 0 Å². The van der Waals surface area contributed by atoms with Crippen LogP contribution in [0, 0.1) is 13.8 Å². The van der Waals surface area contributed by atoms with Gasteiger partial charge in [-0.2, -0.15) is 0 Å². The van der Waals surface area contributed by atoms with Crippen LogP contribution in [-0.2, 0) is 0 Å². The molecular formula is C10H10BO2S2. The molecule has 0 atom stereocenters. The van der Waals surface area contributed by atoms with Gasteiger partial charge in [-0.3, -0.25) is 0 Å². The number of thiophene rings is 2. The van der Waals surface area contributed by atoms with Crippen LogP contribution in [0.2, 0.25) is 0 Å². The lowest BCUT2D eigenvalue weighted by Gasteiger charge is -2.04. The average Bonchev–Trinajstić information content (AvgIpc) is 2.78. The molecule has 0 bridgehead atoms. The molecule has 0 fully saturated rings. The van der Waals surface area contributed by atoms with Crippen molar-refractivity contribution in [1.82, 2.24) is 0 Å². The van der Waals surface area contributed by atoms with Gasteiger partial charge in [0.2, 0.25) is 0 Å². The molecule has 0 aliphatic rings. The van der Waals surface area contributed by atoms with E-state index in [0.717, 1.165) is 21.3 Å². The Morgan fingerprint density at radius 1 is 0.933 bits per heavy atom. The van der Waals surface area contributed by atoms with Crippen molar-refractivity contribution in [2.75, 3.05) is 0 Å². The van der Waals surface area contributed by atoms with Crippen molar-refractivity contribution in [2.24, 2.45) is 0 Å². The standard InChI is InChI=1S/C10H10BO2S2/c1-7-3-5-14-9(7)12-11-13-10-8(2)4-6-15-10/h3-6H,1-2H3. The molecule has 0 spiro atoms. The first-order chi connectivity index (χ1) is 7.27. The van der Waals surface area contributed by atoms with E-state index in [0.29, 0.717) is 0 Å². The molecule has 0 saturated heterocycles. The van der Waals surface area contributed by atoms with Gasteiger partial charge >= 0.3 is 7.69 Å². The van der Waals surface area contributed by atoms with E-state index in [-0.39, 0.29) is 0 Å². The van der Waals surface area contributed by atoms with E-state index in [1.165, 1.54) is 7.69 Å². The van der Waals surface area contributed by atoms with E-state index >= 15 is 0 Å². The molecule has 77 valence electrons. The summed E-state index contributed by atoms with van der Waals surface area (Å²) >= 11 is 3.12. The summed E-state index contributed by atoms with van der Waals surface area (Å²) in [5.41, 5.74) is 2.26. The fraction of sp³-hybridized carbons (Fsp3) is 0.200. The second-order valence-electron chi connectivity index (χ2n) is 3.11. The molecule has 0 unspecified atom stereocenters. The lowest BCUT2D eigenvalue weighted by molar-refractivity contribution is 0.470. The monoisotopic (exact) mass is 237 g/mol. The second-order valence-corrected chi connectivity index (χ2v) is 4.87. The molecule has 0 aliphatic heterocycles. The minimum absolute atomic E-state index is 0.879. The topological polar surface area (TPSA) is 18.5 Å². The van der Waals surface area contributed by atoms with Crippen LogP contribution in [0.1, 0.15) is 11.1 Å². The van der Waals surface area contributed by atoms with Crippen molar-refractivity contribution in [3.8, 4) is 10.1 Å². The Hall–Kier alpha value is -0.935. The first-order valence-electron chi connectivity index (χ1n) is 4.50. The zero-order valence-electron chi connectivity index (χ0n) is 8.52. The van der Waals surface area contributed by atoms with Crippen LogP contribution in [-0.4, -0.2) is 7.69 Å². The summed E-state index contributed by atoms with van der Waals surface area (Å²) < 4.78 is 10.8. The molecule has 1 radical (unpaired) electrons. The van der Waals surface area contributed by atoms with Crippen molar-refractivity contribution >= 4 is 30.4 Å². The summed E-state index contributed by atoms with van der Waals surface area (Å²) in [6, 6.07) is 4.04. The van der Waals surface area contributed by atoms with E-state index in [1.54, 1.807) is 22.7 Å². The lowest BCUT2D eigenvalue weighted by Crippen LogP contribution is -2.10. The van der Waals surface area contributed by atoms with Crippen molar-refractivity contribution in [3.05, 3.63) is 34.0 Å². The minimum atomic E-state index is 0.879. The highest BCUT2D eigenvalue weighted by Gasteiger charge is 2.07. The van der Waals surface area contributed by atoms with Gasteiger partial charge in [-0.1, -0.05) is 0 Å². The molecule has 5 heteroatoms. The molecule has 2 aromatic rings. The van der Waals surface area contributed by atoms with Gasteiger partial charge in [-0.15, -0.1) is 22.7 Å². The third-order valence-corrected chi connectivity index (χ3v) is 3.75. The van der Waals surface area contributed by atoms with Gasteiger partial charge in [0.25, 0.3) is 0 Å². The summed E-state index contributed by atoms with van der Waals surface area (Å²) in [6.07, 6.45) is 0. The van der Waals surface area contributed by atoms with Crippen LogP contribution in [0.25, 0.3) is 0 Å². The SMILES string of the molecule is Cc1ccsc1O[B]Oc1sccc1C. The zero-order chi connectivity index (χ0) is 10.7. The van der Waals surface area contributed by atoms with Crippen molar-refractivity contribution in [2.45, 2.75) is 13.8 Å². The Labute approximate surface area is 97.8 Å². The minimum Gasteiger partial charge on any atom is -0.518 e. The van der Waals surface area contributed by atoms with E-state index in [2.05, 4.69) is 0 Å². The fourth-order valence-electron chi connectivity index (χ4n) is 1.07. The van der Waals surface area contributed by atoms with Crippen LogP contribution in [0.3, 0.4) is 0 Å². The maximum absolute atomic E-state index is 5.38. The van der Waals surface area contributed by atoms with Gasteiger partial charge in [0, 0.05) is 11.1 Å². The molecule has 0 aromatic carbocycles. The Bertz CT molecular complexity index is 396. The van der Waals surface area contributed by atoms with Gasteiger partial charge in [0.15, 0.2) is 10.1 Å². The number of aryl methyl sites for hydroxylation is 2. The van der Waals surface area contributed by atoms with Crippen molar-refractivity contribution in [1.29, 1.82) is 0 Å². The quantitative estimate of drug-likeness (QED) is 0.758. The smallest absolute Gasteiger partial charge is 0.518 e. The first-order valence-corrected chi connectivity index (χ1v) is 6.26. The third-order valence-electron chi connectivity index (χ3n) is 1.94. The highest BCUT2D eigenvalue weighted by molar-refractivity contribution is 7.12. The molecule has 0 aliphatic carbocycles. The molecule has 2 heterocycles. The predicted molar refractivity (Wildman–Crippen MR) is 65.1 cm³/mol. The number of rotatable bonds is 4. The third kappa shape index (κ3) is 2.55. The van der Waals surface area contributed by atoms with Crippen molar-refractivity contribution in [3.63, 3.8) is 0 Å². The van der Waals surface area contributed by atoms with Gasteiger partial charge in [0.1, 0.15) is 0 Å². The van der Waals surface area contributed by atoms with E-state index < -0.39 is 0 Å². The molecule has 15 heavy (non-hydrogen) atoms. The second kappa shape index (κ2) is 4.72. The van der Waals surface area contributed by atoms with Crippen LogP contribution < -0.4 is 9.31 Å². The maximum Gasteiger partial charge on any atom is 0.659 e. The Kier molecular flexibility index (Phi) is 3.33. The van der Waals surface area contributed by atoms with Crippen LogP contribution >= 0.6 is 22.7 Å². The number of hydrogen-bond acceptors (Lipinski definition) is 4. The Morgan fingerprint density at radius 3 is 1.73 bits per heavy atom. The summed E-state index contributed by atoms with van der Waals surface area (Å²) in [4.78, 5) is 0. The Balaban J connectivity index is 1.86. The fourth-order valence-corrected chi connectivity index (χ4v) is 2.56. The molecule has 2 rings (SSSR count). The first kappa shape index (κ1) is 10.6. The summed E-state index contributed by atoms with van der Waals surface area (Å²) in [7, 11) is 1.39. The summed E-state index contributed by atoms with van der Waals surface area (Å²) in [5, 5.41) is 5.75. The molecular weight excluding hydrogens is 227 g/mol. The Morgan fingerprint density at radius 2 is 1.40 bits per heavy atom. The summed E-state index contributed by atoms with van der Waals surface area (Å²) in [6.45, 7) is 4.02. The number of hydrogen-bond donors (Lipinski definition) is 0. The largest absolute Gasteiger partial charge is 0.659 e. The van der Waals surface area contributed by atoms with Gasteiger partial charge < -0.3 is 9.31 Å². The van der Waals surface area contributed by atoms with Gasteiger partial charge in [0.05, 0.1) is 0 Å². The normalized spacial score (nSPS) is 10.0. The summed E-state index contributed by atoms with van der Waals surface area (Å²) in [5.74, 6) is 0. The predicted octanol–water partition coefficient (Wildman–Crippen LogP) is 3.42. The molecule has 2 aromatic heterocycles. The van der Waals surface area contributed by atoms with Gasteiger partial charge in [-0.05, 0) is 36.7 Å². The molecule has 0 amide bonds. The van der Waals surface area contributed by atoms with Crippen LogP contribution in [0.4, 0.5) is 0 Å². The van der Waals surface area contributed by atoms with Crippen LogP contribution in [0.15, 0.2) is 22.9 Å². The molecule has 2 nitrogen and oxygen atoms in total.